The fourth-order valence-corrected chi connectivity index (χ4v) is 1.41. The highest BCUT2D eigenvalue weighted by Crippen LogP contribution is 2.22. The number of methoxy groups -OCH3 is 1. The molecule has 18 heavy (non-hydrogen) atoms. The van der Waals surface area contributed by atoms with E-state index in [0.29, 0.717) is 5.69 Å². The molecule has 0 atom stereocenters. The predicted octanol–water partition coefficient (Wildman–Crippen LogP) is -0.0618. The number of nitrogens with zero attached hydrogens (tertiary/aromatic N) is 4. The number of hydrogen-bond acceptors (Lipinski definition) is 6. The van der Waals surface area contributed by atoms with Gasteiger partial charge in [-0.15, -0.1) is 5.10 Å². The second kappa shape index (κ2) is 4.62. The minimum absolute atomic E-state index is 0.0574. The maximum Gasteiger partial charge on any atom is 0.377 e. The zero-order valence-electron chi connectivity index (χ0n) is 9.27. The number of carbonyl (C=O) groups is 2. The molecule has 0 fully saturated rings. The van der Waals surface area contributed by atoms with Gasteiger partial charge < -0.3 is 9.84 Å². The third-order valence-corrected chi connectivity index (χ3v) is 2.24. The van der Waals surface area contributed by atoms with Gasteiger partial charge in [0.15, 0.2) is 0 Å². The first kappa shape index (κ1) is 11.7. The van der Waals surface area contributed by atoms with Gasteiger partial charge in [-0.2, -0.15) is 0 Å². The van der Waals surface area contributed by atoms with Crippen molar-refractivity contribution in [2.45, 2.75) is 0 Å². The van der Waals surface area contributed by atoms with E-state index in [4.69, 9.17) is 9.84 Å². The van der Waals surface area contributed by atoms with Crippen molar-refractivity contribution in [3.63, 3.8) is 0 Å². The molecule has 0 bridgehead atoms. The molecule has 2 rings (SSSR count). The molecule has 1 aromatic carbocycles. The third-order valence-electron chi connectivity index (χ3n) is 2.24. The number of hydrogen-bond donors (Lipinski definition) is 1. The van der Waals surface area contributed by atoms with Gasteiger partial charge in [0.2, 0.25) is 0 Å². The average molecular weight is 248 g/mol. The molecular formula is C10H8N4O4. The summed E-state index contributed by atoms with van der Waals surface area (Å²) in [6.45, 7) is 0. The number of benzene rings is 1. The Labute approximate surface area is 101 Å². The van der Waals surface area contributed by atoms with E-state index < -0.39 is 11.8 Å². The van der Waals surface area contributed by atoms with E-state index in [2.05, 4.69) is 15.5 Å². The molecule has 0 aliphatic heterocycles. The van der Waals surface area contributed by atoms with Gasteiger partial charge in [-0.1, -0.05) is 0 Å². The van der Waals surface area contributed by atoms with Crippen molar-refractivity contribution in [3.8, 4) is 11.4 Å². The maximum absolute atomic E-state index is 11.5. The number of carbonyl (C=O) groups excluding carboxylic acids is 1. The van der Waals surface area contributed by atoms with E-state index in [-0.39, 0.29) is 11.3 Å². The smallest absolute Gasteiger partial charge is 0.377 e. The molecule has 0 saturated carbocycles. The molecule has 0 spiro atoms. The van der Waals surface area contributed by atoms with E-state index in [1.54, 1.807) is 6.07 Å². The fraction of sp³-hybridized carbons (Fsp3) is 0.100. The lowest BCUT2D eigenvalue weighted by molar-refractivity contribution is -0.131. The van der Waals surface area contributed by atoms with Crippen LogP contribution in [0.2, 0.25) is 0 Å². The highest BCUT2D eigenvalue weighted by molar-refractivity contribution is 6.40. The van der Waals surface area contributed by atoms with Gasteiger partial charge in [0.25, 0.3) is 5.78 Å². The van der Waals surface area contributed by atoms with Gasteiger partial charge in [-0.25, -0.2) is 9.48 Å². The van der Waals surface area contributed by atoms with Crippen molar-refractivity contribution < 1.29 is 19.4 Å². The molecule has 8 nitrogen and oxygen atoms in total. The molecule has 8 heteroatoms. The molecular weight excluding hydrogens is 240 g/mol. The topological polar surface area (TPSA) is 107 Å². The van der Waals surface area contributed by atoms with Crippen LogP contribution in [0.3, 0.4) is 0 Å². The number of ether oxygens (including phenoxy) is 1. The summed E-state index contributed by atoms with van der Waals surface area (Å²) in [5.74, 6) is -2.43. The lowest BCUT2D eigenvalue weighted by Crippen LogP contribution is -2.14. The number of rotatable bonds is 4. The number of tetrazole rings is 1. The Morgan fingerprint density at radius 3 is 2.72 bits per heavy atom. The van der Waals surface area contributed by atoms with Crippen LogP contribution in [0.1, 0.15) is 10.4 Å². The summed E-state index contributed by atoms with van der Waals surface area (Å²) < 4.78 is 6.25. The Balaban J connectivity index is 2.52. The number of carboxylic acids is 1. The zero-order chi connectivity index (χ0) is 13.1. The molecule has 2 aromatic rings. The Morgan fingerprint density at radius 2 is 2.17 bits per heavy atom. The molecule has 1 N–H and O–H groups in total. The minimum Gasteiger partial charge on any atom is -0.496 e. The SMILES string of the molecule is COc1ccc(-n2cnnn2)cc1C(=O)C(=O)O. The van der Waals surface area contributed by atoms with Crippen molar-refractivity contribution in [2.75, 3.05) is 7.11 Å². The van der Waals surface area contributed by atoms with Crippen LogP contribution in [0.25, 0.3) is 5.69 Å². The molecule has 0 radical (unpaired) electrons. The standard InChI is InChI=1S/C10H8N4O4/c1-18-8-3-2-6(14-5-11-12-13-14)4-7(8)9(15)10(16)17/h2-5H,1H3,(H,16,17). The van der Waals surface area contributed by atoms with E-state index in [0.717, 1.165) is 0 Å². The minimum atomic E-state index is -1.55. The van der Waals surface area contributed by atoms with E-state index in [1.807, 2.05) is 0 Å². The molecule has 0 amide bonds. The normalized spacial score (nSPS) is 10.1. The second-order valence-electron chi connectivity index (χ2n) is 3.27. The molecule has 92 valence electrons. The van der Waals surface area contributed by atoms with Crippen LogP contribution in [-0.2, 0) is 4.79 Å². The molecule has 0 saturated heterocycles. The van der Waals surface area contributed by atoms with Crippen LogP contribution in [0, 0.1) is 0 Å². The predicted molar refractivity (Wildman–Crippen MR) is 57.7 cm³/mol. The monoisotopic (exact) mass is 248 g/mol. The van der Waals surface area contributed by atoms with E-state index in [1.165, 1.54) is 30.3 Å². The van der Waals surface area contributed by atoms with Crippen molar-refractivity contribution >= 4 is 11.8 Å². The number of carboxylic acid groups (broad SMARTS) is 1. The second-order valence-corrected chi connectivity index (χ2v) is 3.27. The Morgan fingerprint density at radius 1 is 1.39 bits per heavy atom. The summed E-state index contributed by atoms with van der Waals surface area (Å²) in [5.41, 5.74) is 0.406. The van der Waals surface area contributed by atoms with Gasteiger partial charge in [0.1, 0.15) is 12.1 Å². The van der Waals surface area contributed by atoms with Crippen molar-refractivity contribution in [2.24, 2.45) is 0 Å². The first-order valence-corrected chi connectivity index (χ1v) is 4.82. The lowest BCUT2D eigenvalue weighted by atomic mass is 10.1. The van der Waals surface area contributed by atoms with Crippen LogP contribution >= 0.6 is 0 Å². The van der Waals surface area contributed by atoms with Crippen molar-refractivity contribution in [3.05, 3.63) is 30.1 Å². The third kappa shape index (κ3) is 2.03. The van der Waals surface area contributed by atoms with Gasteiger partial charge in [-0.05, 0) is 28.6 Å². The summed E-state index contributed by atoms with van der Waals surface area (Å²) in [5, 5.41) is 19.3. The van der Waals surface area contributed by atoms with Crippen LogP contribution in [0.15, 0.2) is 24.5 Å². The summed E-state index contributed by atoms with van der Waals surface area (Å²) in [6.07, 6.45) is 1.33. The van der Waals surface area contributed by atoms with E-state index >= 15 is 0 Å². The number of aromatic nitrogens is 4. The van der Waals surface area contributed by atoms with Crippen LogP contribution in [0.5, 0.6) is 5.75 Å². The van der Waals surface area contributed by atoms with Gasteiger partial charge in [0, 0.05) is 0 Å². The van der Waals surface area contributed by atoms with Crippen LogP contribution < -0.4 is 4.74 Å². The molecule has 1 heterocycles. The highest BCUT2D eigenvalue weighted by Gasteiger charge is 2.20. The quantitative estimate of drug-likeness (QED) is 0.596. The molecule has 0 aliphatic rings. The number of Topliss-reactive ketones (excluding diaryl/α,β-unsaturated/α-hetero) is 1. The Bertz CT molecular complexity index is 594. The lowest BCUT2D eigenvalue weighted by Gasteiger charge is -2.07. The van der Waals surface area contributed by atoms with Crippen molar-refractivity contribution in [1.82, 2.24) is 20.2 Å². The zero-order valence-corrected chi connectivity index (χ0v) is 9.27. The van der Waals surface area contributed by atoms with Gasteiger partial charge >= 0.3 is 5.97 Å². The molecule has 0 unspecified atom stereocenters. The largest absolute Gasteiger partial charge is 0.496 e. The van der Waals surface area contributed by atoms with Gasteiger partial charge in [-0.3, -0.25) is 4.79 Å². The fourth-order valence-electron chi connectivity index (χ4n) is 1.41. The van der Waals surface area contributed by atoms with Crippen LogP contribution in [-0.4, -0.2) is 44.2 Å². The number of ketones is 1. The summed E-state index contributed by atoms with van der Waals surface area (Å²) in [7, 11) is 1.35. The first-order chi connectivity index (χ1) is 8.63. The van der Waals surface area contributed by atoms with Gasteiger partial charge in [0.05, 0.1) is 18.4 Å². The summed E-state index contributed by atoms with van der Waals surface area (Å²) in [4.78, 5) is 22.2. The first-order valence-electron chi connectivity index (χ1n) is 4.82. The molecule has 0 aliphatic carbocycles. The number of aliphatic carboxylic acids is 1. The van der Waals surface area contributed by atoms with E-state index in [9.17, 15) is 9.59 Å². The molecule has 1 aromatic heterocycles. The Hall–Kier alpha value is -2.77. The summed E-state index contributed by atoms with van der Waals surface area (Å²) in [6, 6.07) is 4.44. The average Bonchev–Trinajstić information content (AvgIpc) is 2.90. The highest BCUT2D eigenvalue weighted by atomic mass is 16.5. The van der Waals surface area contributed by atoms with Crippen LogP contribution in [0.4, 0.5) is 0 Å². The Kier molecular flexibility index (Phi) is 3.00. The summed E-state index contributed by atoms with van der Waals surface area (Å²) >= 11 is 0. The van der Waals surface area contributed by atoms with Crippen molar-refractivity contribution in [1.29, 1.82) is 0 Å². The maximum atomic E-state index is 11.5.